The molecule has 2 saturated heterocycles. The molecule has 1 aliphatic carbocycles. The van der Waals surface area contributed by atoms with E-state index in [1.54, 1.807) is 4.90 Å². The monoisotopic (exact) mass is 353 g/mol. The van der Waals surface area contributed by atoms with Crippen molar-refractivity contribution in [2.24, 2.45) is 5.92 Å². The number of likely N-dealkylation sites (N-methyl/N-ethyl adjacent to an activating group) is 1. The number of rotatable bonds is 4. The molecule has 3 fully saturated rings. The van der Waals surface area contributed by atoms with Crippen LogP contribution in [0.5, 0.6) is 0 Å². The van der Waals surface area contributed by atoms with Crippen molar-refractivity contribution in [3.05, 3.63) is 0 Å². The fraction of sp³-hybridized carbons (Fsp3) is 0.889. The number of aliphatic hydroxyl groups excluding tert-OH is 1. The molecule has 2 aliphatic heterocycles. The molecular formula is C18H31N3O4. The van der Waals surface area contributed by atoms with E-state index < -0.39 is 5.60 Å². The maximum Gasteiger partial charge on any atom is 0.410 e. The number of carbonyl (C=O) groups is 2. The molecule has 7 heteroatoms. The van der Waals surface area contributed by atoms with Gasteiger partial charge in [0.2, 0.25) is 5.91 Å². The summed E-state index contributed by atoms with van der Waals surface area (Å²) in [7, 11) is 3.98. The first-order chi connectivity index (χ1) is 11.9. The first-order valence-electron chi connectivity index (χ1n) is 9.48. The molecule has 1 saturated carbocycles. The Bertz CT molecular complexity index is 495. The molecule has 25 heavy (non-hydrogen) atoms. The Labute approximate surface area is 149 Å². The molecule has 7 nitrogen and oxygen atoms in total. The number of carbonyl (C=O) groups excluding carboxylic acids is 2. The number of amides is 2. The van der Waals surface area contributed by atoms with E-state index in [4.69, 9.17) is 4.74 Å². The van der Waals surface area contributed by atoms with Gasteiger partial charge in [-0.1, -0.05) is 0 Å². The molecule has 0 aromatic rings. The number of piperidine rings is 1. The first kappa shape index (κ1) is 18.5. The lowest BCUT2D eigenvalue weighted by atomic mass is 9.85. The van der Waals surface area contributed by atoms with Gasteiger partial charge < -0.3 is 24.5 Å². The quantitative estimate of drug-likeness (QED) is 0.813. The van der Waals surface area contributed by atoms with Crippen LogP contribution in [0.3, 0.4) is 0 Å². The number of nitrogens with zero attached hydrogens (tertiary/aromatic N) is 3. The smallest absolute Gasteiger partial charge is 0.410 e. The van der Waals surface area contributed by atoms with Gasteiger partial charge in [0.05, 0.1) is 12.6 Å². The summed E-state index contributed by atoms with van der Waals surface area (Å²) in [6, 6.07) is 0. The summed E-state index contributed by atoms with van der Waals surface area (Å²) in [5, 5.41) is 9.61. The Morgan fingerprint density at radius 3 is 2.48 bits per heavy atom. The molecule has 3 aliphatic rings. The third-order valence-electron chi connectivity index (χ3n) is 5.89. The van der Waals surface area contributed by atoms with Crippen LogP contribution in [-0.2, 0) is 9.53 Å². The third-order valence-corrected chi connectivity index (χ3v) is 5.89. The van der Waals surface area contributed by atoms with Crippen molar-refractivity contribution in [2.75, 3.05) is 46.8 Å². The minimum Gasteiger partial charge on any atom is -0.441 e. The zero-order valence-electron chi connectivity index (χ0n) is 15.4. The highest BCUT2D eigenvalue weighted by Crippen LogP contribution is 2.34. The van der Waals surface area contributed by atoms with Gasteiger partial charge >= 0.3 is 6.09 Å². The van der Waals surface area contributed by atoms with Crippen molar-refractivity contribution in [3.8, 4) is 0 Å². The van der Waals surface area contributed by atoms with Crippen LogP contribution in [0.2, 0.25) is 0 Å². The Morgan fingerprint density at radius 1 is 1.24 bits per heavy atom. The molecule has 142 valence electrons. The predicted octanol–water partition coefficient (Wildman–Crippen LogP) is 0.913. The maximum absolute atomic E-state index is 12.7. The fourth-order valence-corrected chi connectivity index (χ4v) is 4.16. The largest absolute Gasteiger partial charge is 0.441 e. The van der Waals surface area contributed by atoms with Crippen molar-refractivity contribution in [1.82, 2.24) is 14.7 Å². The Morgan fingerprint density at radius 2 is 1.88 bits per heavy atom. The van der Waals surface area contributed by atoms with Gasteiger partial charge in [-0.15, -0.1) is 0 Å². The maximum atomic E-state index is 12.7. The summed E-state index contributed by atoms with van der Waals surface area (Å²) in [4.78, 5) is 30.6. The van der Waals surface area contributed by atoms with Gasteiger partial charge in [-0.05, 0) is 39.8 Å². The van der Waals surface area contributed by atoms with E-state index in [-0.39, 0.29) is 24.0 Å². The summed E-state index contributed by atoms with van der Waals surface area (Å²) in [6.45, 7) is 3.46. The molecule has 2 heterocycles. The molecule has 3 rings (SSSR count). The van der Waals surface area contributed by atoms with Gasteiger partial charge in [-0.25, -0.2) is 4.79 Å². The van der Waals surface area contributed by atoms with Crippen molar-refractivity contribution in [1.29, 1.82) is 0 Å². The number of hydrogen-bond acceptors (Lipinski definition) is 5. The summed E-state index contributed by atoms with van der Waals surface area (Å²) < 4.78 is 5.72. The molecule has 1 N–H and O–H groups in total. The van der Waals surface area contributed by atoms with Crippen LogP contribution in [0.4, 0.5) is 4.79 Å². The second kappa shape index (κ2) is 7.50. The van der Waals surface area contributed by atoms with E-state index in [0.717, 1.165) is 45.1 Å². The van der Waals surface area contributed by atoms with E-state index in [2.05, 4.69) is 4.90 Å². The third kappa shape index (κ3) is 4.26. The molecule has 0 unspecified atom stereocenters. The highest BCUT2D eigenvalue weighted by atomic mass is 16.6. The Hall–Kier alpha value is -1.34. The van der Waals surface area contributed by atoms with Gasteiger partial charge in [0, 0.05) is 44.9 Å². The van der Waals surface area contributed by atoms with E-state index in [1.165, 1.54) is 0 Å². The van der Waals surface area contributed by atoms with Crippen LogP contribution < -0.4 is 0 Å². The molecule has 0 bridgehead atoms. The lowest BCUT2D eigenvalue weighted by molar-refractivity contribution is -0.140. The topological polar surface area (TPSA) is 73.3 Å². The summed E-state index contributed by atoms with van der Waals surface area (Å²) in [5.74, 6) is 0.274. The minimum atomic E-state index is -0.414. The average molecular weight is 353 g/mol. The Kier molecular flexibility index (Phi) is 5.53. The molecule has 0 aromatic heterocycles. The van der Waals surface area contributed by atoms with Crippen LogP contribution >= 0.6 is 0 Å². The second-order valence-corrected chi connectivity index (χ2v) is 8.11. The molecule has 2 amide bonds. The van der Waals surface area contributed by atoms with Gasteiger partial charge in [-0.2, -0.15) is 0 Å². The lowest BCUT2D eigenvalue weighted by Gasteiger charge is -2.39. The van der Waals surface area contributed by atoms with Gasteiger partial charge in [0.1, 0.15) is 5.60 Å². The van der Waals surface area contributed by atoms with Gasteiger partial charge in [-0.3, -0.25) is 4.79 Å². The average Bonchev–Trinajstić information content (AvgIpc) is 2.89. The minimum absolute atomic E-state index is 0.0557. The SMILES string of the molecule is CN(C)CCN1CC2(CCN(C(=O)C3CCC(O)CC3)CC2)OC1=O. The molecule has 1 spiro atoms. The molecule has 0 atom stereocenters. The van der Waals surface area contributed by atoms with Crippen LogP contribution in [0, 0.1) is 5.92 Å². The standard InChI is InChI=1S/C18H31N3O4/c1-19(2)11-12-21-13-18(25-17(21)24)7-9-20(10-8-18)16(23)14-3-5-15(22)6-4-14/h14-15,22H,3-13H2,1-2H3. The fourth-order valence-electron chi connectivity index (χ4n) is 4.16. The number of ether oxygens (including phenoxy) is 1. The van der Waals surface area contributed by atoms with Gasteiger partial charge in [0.15, 0.2) is 0 Å². The first-order valence-corrected chi connectivity index (χ1v) is 9.48. The summed E-state index contributed by atoms with van der Waals surface area (Å²) in [5.41, 5.74) is -0.414. The highest BCUT2D eigenvalue weighted by Gasteiger charge is 2.47. The highest BCUT2D eigenvalue weighted by molar-refractivity contribution is 5.79. The van der Waals surface area contributed by atoms with Crippen LogP contribution in [0.25, 0.3) is 0 Å². The van der Waals surface area contributed by atoms with Gasteiger partial charge in [0.25, 0.3) is 0 Å². The number of likely N-dealkylation sites (tertiary alicyclic amines) is 1. The number of aliphatic hydroxyl groups is 1. The van der Waals surface area contributed by atoms with Crippen LogP contribution in [-0.4, -0.2) is 90.3 Å². The van der Waals surface area contributed by atoms with E-state index in [9.17, 15) is 14.7 Å². The molecule has 0 aromatic carbocycles. The van der Waals surface area contributed by atoms with Crippen molar-refractivity contribution in [3.63, 3.8) is 0 Å². The predicted molar refractivity (Wildman–Crippen MR) is 93.1 cm³/mol. The van der Waals surface area contributed by atoms with E-state index in [1.807, 2.05) is 19.0 Å². The Balaban J connectivity index is 1.50. The van der Waals surface area contributed by atoms with Crippen molar-refractivity contribution < 1.29 is 19.4 Å². The van der Waals surface area contributed by atoms with E-state index in [0.29, 0.717) is 26.2 Å². The van der Waals surface area contributed by atoms with Crippen LogP contribution in [0.15, 0.2) is 0 Å². The zero-order valence-corrected chi connectivity index (χ0v) is 15.4. The lowest BCUT2D eigenvalue weighted by Crippen LogP contribution is -2.50. The summed E-state index contributed by atoms with van der Waals surface area (Å²) >= 11 is 0. The number of hydrogen-bond donors (Lipinski definition) is 1. The summed E-state index contributed by atoms with van der Waals surface area (Å²) in [6.07, 6.45) is 4.02. The molecular weight excluding hydrogens is 322 g/mol. The zero-order chi connectivity index (χ0) is 18.0. The molecule has 0 radical (unpaired) electrons. The van der Waals surface area contributed by atoms with Crippen LogP contribution in [0.1, 0.15) is 38.5 Å². The van der Waals surface area contributed by atoms with Crippen molar-refractivity contribution in [2.45, 2.75) is 50.2 Å². The van der Waals surface area contributed by atoms with E-state index >= 15 is 0 Å². The second-order valence-electron chi connectivity index (χ2n) is 8.11. The normalized spacial score (nSPS) is 29.4. The van der Waals surface area contributed by atoms with Crippen molar-refractivity contribution >= 4 is 12.0 Å².